The maximum absolute atomic E-state index is 12.2. The number of aromatic nitrogens is 2. The second kappa shape index (κ2) is 6.05. The van der Waals surface area contributed by atoms with Crippen LogP contribution >= 0.6 is 0 Å². The molecule has 0 aliphatic carbocycles. The maximum Gasteiger partial charge on any atom is 0.272 e. The number of carbonyl (C=O) groups excluding carboxylic acids is 1. The number of nitrogens with zero attached hydrogens (tertiary/aromatic N) is 1. The van der Waals surface area contributed by atoms with E-state index in [1.54, 1.807) is 24.3 Å². The molecule has 2 N–H and O–H groups in total. The van der Waals surface area contributed by atoms with Crippen molar-refractivity contribution in [3.05, 3.63) is 40.3 Å². The van der Waals surface area contributed by atoms with E-state index < -0.39 is 0 Å². The molecule has 1 aliphatic rings. The summed E-state index contributed by atoms with van der Waals surface area (Å²) in [5, 5.41) is 10.1. The first-order valence-corrected chi connectivity index (χ1v) is 7.13. The lowest BCUT2D eigenvalue weighted by Crippen LogP contribution is -2.29. The normalized spacial score (nSPS) is 18.0. The smallest absolute Gasteiger partial charge is 0.272 e. The van der Waals surface area contributed by atoms with E-state index in [0.717, 1.165) is 25.9 Å². The summed E-state index contributed by atoms with van der Waals surface area (Å²) in [5.74, 6) is -0.277. The second-order valence-corrected chi connectivity index (χ2v) is 5.13. The molecule has 1 amide bonds. The largest absolute Gasteiger partial charge is 0.378 e. The van der Waals surface area contributed by atoms with Crippen LogP contribution in [0.1, 0.15) is 29.8 Å². The number of nitrogens with one attached hydrogen (secondary N) is 2. The zero-order valence-electron chi connectivity index (χ0n) is 11.6. The van der Waals surface area contributed by atoms with Crippen molar-refractivity contribution in [3.8, 4) is 0 Å². The standard InChI is InChI=1S/C15H17N3O3/c19-14-12-6-2-1-5-11(12)13(17-18-14)15(20)16-8-7-10-4-3-9-21-10/h1-2,5-6,10H,3-4,7-9H2,(H,16,20)(H,18,19). The number of H-pyrrole nitrogens is 1. The minimum atomic E-state index is -0.290. The topological polar surface area (TPSA) is 84.1 Å². The van der Waals surface area contributed by atoms with Gasteiger partial charge in [-0.1, -0.05) is 18.2 Å². The first-order chi connectivity index (χ1) is 10.3. The molecular formula is C15H17N3O3. The zero-order valence-corrected chi connectivity index (χ0v) is 11.6. The van der Waals surface area contributed by atoms with Gasteiger partial charge in [0.15, 0.2) is 5.69 Å². The van der Waals surface area contributed by atoms with Crippen LogP contribution in [-0.2, 0) is 4.74 Å². The molecule has 2 aromatic rings. The van der Waals surface area contributed by atoms with E-state index in [2.05, 4.69) is 15.5 Å². The monoisotopic (exact) mass is 287 g/mol. The number of aromatic amines is 1. The summed E-state index contributed by atoms with van der Waals surface area (Å²) in [4.78, 5) is 23.9. The lowest BCUT2D eigenvalue weighted by atomic mass is 10.1. The van der Waals surface area contributed by atoms with E-state index >= 15 is 0 Å². The fraction of sp³-hybridized carbons (Fsp3) is 0.400. The number of hydrogen-bond acceptors (Lipinski definition) is 4. The van der Waals surface area contributed by atoms with E-state index in [4.69, 9.17) is 4.74 Å². The van der Waals surface area contributed by atoms with Gasteiger partial charge in [-0.15, -0.1) is 0 Å². The van der Waals surface area contributed by atoms with Gasteiger partial charge in [0.25, 0.3) is 11.5 Å². The molecule has 0 bridgehead atoms. The Morgan fingerprint density at radius 2 is 2.19 bits per heavy atom. The lowest BCUT2D eigenvalue weighted by molar-refractivity contribution is 0.0904. The summed E-state index contributed by atoms with van der Waals surface area (Å²) >= 11 is 0. The number of amides is 1. The molecule has 1 saturated heterocycles. The van der Waals surface area contributed by atoms with Crippen LogP contribution in [0.3, 0.4) is 0 Å². The Kier molecular flexibility index (Phi) is 3.96. The van der Waals surface area contributed by atoms with Gasteiger partial charge in [0, 0.05) is 18.5 Å². The summed E-state index contributed by atoms with van der Waals surface area (Å²) in [5.41, 5.74) is -0.0426. The van der Waals surface area contributed by atoms with Gasteiger partial charge < -0.3 is 10.1 Å². The van der Waals surface area contributed by atoms with E-state index in [1.807, 2.05) is 0 Å². The van der Waals surface area contributed by atoms with Gasteiger partial charge in [-0.2, -0.15) is 5.10 Å². The number of ether oxygens (including phenoxy) is 1. The first kappa shape index (κ1) is 13.8. The van der Waals surface area contributed by atoms with Crippen LogP contribution < -0.4 is 10.9 Å². The van der Waals surface area contributed by atoms with E-state index in [9.17, 15) is 9.59 Å². The molecule has 0 saturated carbocycles. The number of benzene rings is 1. The average molecular weight is 287 g/mol. The van der Waals surface area contributed by atoms with Gasteiger partial charge in [0.2, 0.25) is 0 Å². The summed E-state index contributed by atoms with van der Waals surface area (Å²) in [6.45, 7) is 1.35. The molecule has 1 fully saturated rings. The fourth-order valence-electron chi connectivity index (χ4n) is 2.59. The summed E-state index contributed by atoms with van der Waals surface area (Å²) in [7, 11) is 0. The SMILES string of the molecule is O=C(NCCC1CCCO1)c1n[nH]c(=O)c2ccccc12. The molecule has 2 heterocycles. The predicted octanol–water partition coefficient (Wildman–Crippen LogP) is 1.22. The van der Waals surface area contributed by atoms with Crippen LogP contribution in [0.4, 0.5) is 0 Å². The van der Waals surface area contributed by atoms with Crippen LogP contribution in [-0.4, -0.2) is 35.4 Å². The molecule has 110 valence electrons. The Balaban J connectivity index is 1.72. The van der Waals surface area contributed by atoms with Crippen LogP contribution in [0.25, 0.3) is 10.8 Å². The number of carbonyl (C=O) groups is 1. The predicted molar refractivity (Wildman–Crippen MR) is 78.3 cm³/mol. The van der Waals surface area contributed by atoms with Crippen molar-refractivity contribution in [3.63, 3.8) is 0 Å². The van der Waals surface area contributed by atoms with E-state index in [1.165, 1.54) is 0 Å². The van der Waals surface area contributed by atoms with Gasteiger partial charge in [-0.05, 0) is 25.3 Å². The highest BCUT2D eigenvalue weighted by Crippen LogP contribution is 2.15. The zero-order chi connectivity index (χ0) is 14.7. The summed E-state index contributed by atoms with van der Waals surface area (Å²) in [6, 6.07) is 6.95. The highest BCUT2D eigenvalue weighted by Gasteiger charge is 2.17. The number of rotatable bonds is 4. The molecular weight excluding hydrogens is 270 g/mol. The molecule has 1 aromatic heterocycles. The quantitative estimate of drug-likeness (QED) is 0.885. The Hall–Kier alpha value is -2.21. The van der Waals surface area contributed by atoms with Gasteiger partial charge in [0.1, 0.15) is 0 Å². The van der Waals surface area contributed by atoms with E-state index in [-0.39, 0.29) is 23.3 Å². The minimum Gasteiger partial charge on any atom is -0.378 e. The molecule has 3 rings (SSSR count). The third-order valence-electron chi connectivity index (χ3n) is 3.69. The molecule has 1 aliphatic heterocycles. The van der Waals surface area contributed by atoms with Crippen LogP contribution in [0, 0.1) is 0 Å². The maximum atomic E-state index is 12.2. The van der Waals surface area contributed by atoms with Crippen molar-refractivity contribution in [1.82, 2.24) is 15.5 Å². The average Bonchev–Trinajstić information content (AvgIpc) is 3.01. The Morgan fingerprint density at radius 1 is 1.38 bits per heavy atom. The molecule has 0 spiro atoms. The Bertz CT molecular complexity index is 705. The molecule has 1 unspecified atom stereocenters. The van der Waals surface area contributed by atoms with Crippen molar-refractivity contribution < 1.29 is 9.53 Å². The lowest BCUT2D eigenvalue weighted by Gasteiger charge is -2.10. The van der Waals surface area contributed by atoms with Crippen LogP contribution in [0.15, 0.2) is 29.1 Å². The molecule has 6 heteroatoms. The third-order valence-corrected chi connectivity index (χ3v) is 3.69. The summed E-state index contributed by atoms with van der Waals surface area (Å²) < 4.78 is 5.51. The van der Waals surface area contributed by atoms with Gasteiger partial charge >= 0.3 is 0 Å². The van der Waals surface area contributed by atoms with Crippen molar-refractivity contribution in [1.29, 1.82) is 0 Å². The van der Waals surface area contributed by atoms with Crippen LogP contribution in [0.5, 0.6) is 0 Å². The number of fused-ring (bicyclic) bond motifs is 1. The molecule has 1 atom stereocenters. The molecule has 21 heavy (non-hydrogen) atoms. The molecule has 0 radical (unpaired) electrons. The van der Waals surface area contributed by atoms with E-state index in [0.29, 0.717) is 17.3 Å². The summed E-state index contributed by atoms with van der Waals surface area (Å²) in [6.07, 6.45) is 3.18. The van der Waals surface area contributed by atoms with Crippen LogP contribution in [0.2, 0.25) is 0 Å². The van der Waals surface area contributed by atoms with Crippen molar-refractivity contribution in [2.24, 2.45) is 0 Å². The van der Waals surface area contributed by atoms with Crippen molar-refractivity contribution in [2.45, 2.75) is 25.4 Å². The fourth-order valence-corrected chi connectivity index (χ4v) is 2.59. The van der Waals surface area contributed by atoms with Gasteiger partial charge in [-0.25, -0.2) is 5.10 Å². The molecule has 1 aromatic carbocycles. The Morgan fingerprint density at radius 3 is 2.95 bits per heavy atom. The number of hydrogen-bond donors (Lipinski definition) is 2. The van der Waals surface area contributed by atoms with Crippen molar-refractivity contribution >= 4 is 16.7 Å². The highest BCUT2D eigenvalue weighted by molar-refractivity contribution is 6.04. The highest BCUT2D eigenvalue weighted by atomic mass is 16.5. The molecule has 6 nitrogen and oxygen atoms in total. The minimum absolute atomic E-state index is 0.241. The first-order valence-electron chi connectivity index (χ1n) is 7.13. The second-order valence-electron chi connectivity index (χ2n) is 5.13. The Labute approximate surface area is 121 Å². The van der Waals surface area contributed by atoms with Gasteiger partial charge in [0.05, 0.1) is 11.5 Å². The third kappa shape index (κ3) is 2.95. The van der Waals surface area contributed by atoms with Crippen molar-refractivity contribution in [2.75, 3.05) is 13.2 Å². The van der Waals surface area contributed by atoms with Gasteiger partial charge in [-0.3, -0.25) is 9.59 Å².